The Balaban J connectivity index is 2.48. The largest absolute Gasteiger partial charge is 0.497 e. The van der Waals surface area contributed by atoms with Crippen molar-refractivity contribution >= 4 is 17.7 Å². The SMILES string of the molecule is CCOC(=O)C(NC(=O)c1ccc(OC)cc1)(Nc1cc(C)ccn1)C(F)(F)F. The van der Waals surface area contributed by atoms with Gasteiger partial charge < -0.3 is 20.1 Å². The average molecular weight is 411 g/mol. The van der Waals surface area contributed by atoms with Gasteiger partial charge in [0, 0.05) is 11.8 Å². The number of halogens is 3. The molecular formula is C19H20F3N3O4. The van der Waals surface area contributed by atoms with Gasteiger partial charge in [-0.2, -0.15) is 13.2 Å². The van der Waals surface area contributed by atoms with Crippen LogP contribution in [0.15, 0.2) is 42.6 Å². The highest BCUT2D eigenvalue weighted by Gasteiger charge is 2.64. The first kappa shape index (κ1) is 22.0. The van der Waals surface area contributed by atoms with Crippen LogP contribution in [-0.2, 0) is 9.53 Å². The van der Waals surface area contributed by atoms with E-state index in [1.165, 1.54) is 50.6 Å². The van der Waals surface area contributed by atoms with Gasteiger partial charge in [0.05, 0.1) is 13.7 Å². The number of alkyl halides is 3. The van der Waals surface area contributed by atoms with Crippen molar-refractivity contribution in [3.05, 3.63) is 53.7 Å². The molecule has 1 unspecified atom stereocenters. The summed E-state index contributed by atoms with van der Waals surface area (Å²) in [4.78, 5) is 28.7. The molecule has 1 aromatic carbocycles. The highest BCUT2D eigenvalue weighted by atomic mass is 19.4. The molecule has 1 aromatic heterocycles. The van der Waals surface area contributed by atoms with Crippen molar-refractivity contribution in [1.82, 2.24) is 10.3 Å². The minimum atomic E-state index is -5.24. The lowest BCUT2D eigenvalue weighted by atomic mass is 10.1. The van der Waals surface area contributed by atoms with E-state index in [1.807, 2.05) is 5.32 Å². The molecule has 0 spiro atoms. The number of benzene rings is 1. The Labute approximate surface area is 165 Å². The quantitative estimate of drug-likeness (QED) is 0.538. The van der Waals surface area contributed by atoms with E-state index in [2.05, 4.69) is 9.72 Å². The van der Waals surface area contributed by atoms with Crippen LogP contribution in [-0.4, -0.2) is 42.4 Å². The van der Waals surface area contributed by atoms with Crippen LogP contribution in [0.4, 0.5) is 19.0 Å². The normalized spacial score (nSPS) is 13.2. The number of ether oxygens (including phenoxy) is 2. The van der Waals surface area contributed by atoms with Crippen LogP contribution >= 0.6 is 0 Å². The number of amides is 1. The molecule has 0 fully saturated rings. The lowest BCUT2D eigenvalue weighted by Crippen LogP contribution is -2.69. The zero-order valence-electron chi connectivity index (χ0n) is 16.0. The van der Waals surface area contributed by atoms with E-state index in [0.29, 0.717) is 11.3 Å². The third-order valence-electron chi connectivity index (χ3n) is 3.89. The maximum Gasteiger partial charge on any atom is 0.441 e. The molecule has 10 heteroatoms. The van der Waals surface area contributed by atoms with E-state index in [1.54, 1.807) is 18.3 Å². The molecule has 1 heterocycles. The zero-order valence-corrected chi connectivity index (χ0v) is 16.0. The number of anilines is 1. The Hall–Kier alpha value is -3.30. The van der Waals surface area contributed by atoms with Gasteiger partial charge in [-0.25, -0.2) is 9.78 Å². The fourth-order valence-electron chi connectivity index (χ4n) is 2.41. The smallest absolute Gasteiger partial charge is 0.441 e. The first-order chi connectivity index (χ1) is 13.6. The van der Waals surface area contributed by atoms with E-state index < -0.39 is 23.7 Å². The fraction of sp³-hybridized carbons (Fsp3) is 0.316. The molecule has 2 rings (SSSR count). The van der Waals surface area contributed by atoms with Crippen LogP contribution in [0, 0.1) is 6.92 Å². The van der Waals surface area contributed by atoms with Crippen molar-refractivity contribution in [3.8, 4) is 5.75 Å². The molecule has 1 atom stereocenters. The summed E-state index contributed by atoms with van der Waals surface area (Å²) < 4.78 is 51.9. The number of hydrogen-bond acceptors (Lipinski definition) is 6. The second kappa shape index (κ2) is 8.80. The molecule has 2 aromatic rings. The van der Waals surface area contributed by atoms with E-state index in [4.69, 9.17) is 4.74 Å². The molecule has 0 aliphatic heterocycles. The standard InChI is InChI=1S/C19H20F3N3O4/c1-4-29-17(27)18(19(20,21)22,24-15-11-12(2)9-10-23-15)25-16(26)13-5-7-14(28-3)8-6-13/h5-11H,4H2,1-3H3,(H,23,24)(H,25,26). The number of nitrogens with zero attached hydrogens (tertiary/aromatic N) is 1. The molecule has 7 nitrogen and oxygen atoms in total. The van der Waals surface area contributed by atoms with E-state index >= 15 is 0 Å². The number of carbonyl (C=O) groups is 2. The molecule has 29 heavy (non-hydrogen) atoms. The number of rotatable bonds is 7. The Morgan fingerprint density at radius 1 is 1.14 bits per heavy atom. The summed E-state index contributed by atoms with van der Waals surface area (Å²) in [7, 11) is 1.41. The molecule has 2 N–H and O–H groups in total. The van der Waals surface area contributed by atoms with E-state index in [0.717, 1.165) is 0 Å². The van der Waals surface area contributed by atoms with Crippen LogP contribution < -0.4 is 15.4 Å². The maximum atomic E-state index is 14.1. The number of hydrogen-bond donors (Lipinski definition) is 2. The summed E-state index contributed by atoms with van der Waals surface area (Å²) in [6, 6.07) is 8.23. The summed E-state index contributed by atoms with van der Waals surface area (Å²) >= 11 is 0. The number of methoxy groups -OCH3 is 1. The Bertz CT molecular complexity index is 872. The highest BCUT2D eigenvalue weighted by molar-refractivity contribution is 5.99. The van der Waals surface area contributed by atoms with Gasteiger partial charge in [-0.1, -0.05) is 0 Å². The monoisotopic (exact) mass is 411 g/mol. The highest BCUT2D eigenvalue weighted by Crippen LogP contribution is 2.33. The number of pyridine rings is 1. The van der Waals surface area contributed by atoms with Gasteiger partial charge >= 0.3 is 17.8 Å². The predicted molar refractivity (Wildman–Crippen MR) is 98.5 cm³/mol. The third kappa shape index (κ3) is 4.95. The maximum absolute atomic E-state index is 14.1. The van der Waals surface area contributed by atoms with E-state index in [9.17, 15) is 22.8 Å². The molecule has 0 saturated heterocycles. The Morgan fingerprint density at radius 3 is 2.31 bits per heavy atom. The first-order valence-corrected chi connectivity index (χ1v) is 8.54. The topological polar surface area (TPSA) is 89.5 Å². The lowest BCUT2D eigenvalue weighted by molar-refractivity contribution is -0.204. The van der Waals surface area contributed by atoms with Crippen LogP contribution in [0.2, 0.25) is 0 Å². The molecule has 0 aliphatic carbocycles. The van der Waals surface area contributed by atoms with Gasteiger partial charge in [0.1, 0.15) is 11.6 Å². The van der Waals surface area contributed by atoms with Crippen molar-refractivity contribution in [2.45, 2.75) is 25.7 Å². The van der Waals surface area contributed by atoms with Gasteiger partial charge in [0.25, 0.3) is 5.91 Å². The minimum Gasteiger partial charge on any atom is -0.497 e. The van der Waals surface area contributed by atoms with Gasteiger partial charge in [-0.3, -0.25) is 4.79 Å². The van der Waals surface area contributed by atoms with Crippen LogP contribution in [0.3, 0.4) is 0 Å². The predicted octanol–water partition coefficient (Wildman–Crippen LogP) is 3.06. The summed E-state index contributed by atoms with van der Waals surface area (Å²) in [6.45, 7) is 2.68. The second-order valence-electron chi connectivity index (χ2n) is 5.99. The molecular weight excluding hydrogens is 391 g/mol. The number of carbonyl (C=O) groups excluding carboxylic acids is 2. The lowest BCUT2D eigenvalue weighted by Gasteiger charge is -2.35. The van der Waals surface area contributed by atoms with E-state index in [-0.39, 0.29) is 18.0 Å². The molecule has 1 amide bonds. The number of aromatic nitrogens is 1. The van der Waals surface area contributed by atoms with Gasteiger partial charge in [-0.15, -0.1) is 0 Å². The fourth-order valence-corrected chi connectivity index (χ4v) is 2.41. The Morgan fingerprint density at radius 2 is 1.79 bits per heavy atom. The molecule has 0 bridgehead atoms. The molecule has 0 saturated carbocycles. The number of esters is 1. The first-order valence-electron chi connectivity index (χ1n) is 8.54. The average Bonchev–Trinajstić information content (AvgIpc) is 2.66. The number of aryl methyl sites for hydroxylation is 1. The Kier molecular flexibility index (Phi) is 6.68. The summed E-state index contributed by atoms with van der Waals surface area (Å²) in [5.41, 5.74) is -3.05. The number of nitrogens with one attached hydrogen (secondary N) is 2. The minimum absolute atomic E-state index is 0.109. The van der Waals surface area contributed by atoms with Crippen molar-refractivity contribution in [2.75, 3.05) is 19.0 Å². The summed E-state index contributed by atoms with van der Waals surface area (Å²) in [5.74, 6) is -2.70. The van der Waals surface area contributed by atoms with Crippen molar-refractivity contribution in [3.63, 3.8) is 0 Å². The zero-order chi connectivity index (χ0) is 21.7. The van der Waals surface area contributed by atoms with Crippen molar-refractivity contribution in [1.29, 1.82) is 0 Å². The van der Waals surface area contributed by atoms with Crippen LogP contribution in [0.5, 0.6) is 5.75 Å². The molecule has 0 radical (unpaired) electrons. The van der Waals surface area contributed by atoms with Gasteiger partial charge in [0.15, 0.2) is 0 Å². The van der Waals surface area contributed by atoms with Crippen LogP contribution in [0.1, 0.15) is 22.8 Å². The van der Waals surface area contributed by atoms with Gasteiger partial charge in [-0.05, 0) is 55.8 Å². The summed E-state index contributed by atoms with van der Waals surface area (Å²) in [5, 5.41) is 3.76. The molecule has 0 aliphatic rings. The van der Waals surface area contributed by atoms with Gasteiger partial charge in [0.2, 0.25) is 0 Å². The summed E-state index contributed by atoms with van der Waals surface area (Å²) in [6.07, 6.45) is -3.97. The van der Waals surface area contributed by atoms with Crippen LogP contribution in [0.25, 0.3) is 0 Å². The molecule has 156 valence electrons. The van der Waals surface area contributed by atoms with Crippen molar-refractivity contribution in [2.24, 2.45) is 0 Å². The third-order valence-corrected chi connectivity index (χ3v) is 3.89. The van der Waals surface area contributed by atoms with Crippen molar-refractivity contribution < 1.29 is 32.2 Å². The second-order valence-corrected chi connectivity index (χ2v) is 5.99.